The van der Waals surface area contributed by atoms with Crippen molar-refractivity contribution in [2.24, 2.45) is 4.66 Å². The van der Waals surface area contributed by atoms with Crippen LogP contribution in [0.5, 0.6) is 0 Å². The summed E-state index contributed by atoms with van der Waals surface area (Å²) in [5, 5.41) is 0. The second-order valence-corrected chi connectivity index (χ2v) is 11.1. The van der Waals surface area contributed by atoms with E-state index < -0.39 is 8.24 Å². The number of benzene rings is 2. The van der Waals surface area contributed by atoms with Crippen LogP contribution in [0.15, 0.2) is 65.3 Å². The molecule has 0 fully saturated rings. The summed E-state index contributed by atoms with van der Waals surface area (Å²) in [6.45, 7) is 6.78. The summed E-state index contributed by atoms with van der Waals surface area (Å²) in [4.78, 5) is 0. The number of hydrogen-bond acceptors (Lipinski definition) is 1. The lowest BCUT2D eigenvalue weighted by atomic mass is 10.0. The molecule has 2 aromatic rings. The Balaban J connectivity index is 1.98. The molecule has 0 aliphatic carbocycles. The fourth-order valence-electron chi connectivity index (χ4n) is 2.17. The van der Waals surface area contributed by atoms with Crippen molar-refractivity contribution in [2.75, 3.05) is 0 Å². The van der Waals surface area contributed by atoms with Crippen LogP contribution in [0.4, 0.5) is 0 Å². The van der Waals surface area contributed by atoms with E-state index in [0.717, 1.165) is 12.8 Å². The molecule has 0 unspecified atom stereocenters. The minimum atomic E-state index is -1.39. The van der Waals surface area contributed by atoms with Gasteiger partial charge in [0.1, 0.15) is 0 Å². The molecule has 2 rings (SSSR count). The topological polar surface area (TPSA) is 12.4 Å². The van der Waals surface area contributed by atoms with Crippen LogP contribution in [0, 0.1) is 0 Å². The summed E-state index contributed by atoms with van der Waals surface area (Å²) in [6, 6.07) is 19.0. The molecule has 114 valence electrons. The molecular formula is C20H25NSi. The van der Waals surface area contributed by atoms with Crippen LogP contribution in [0.1, 0.15) is 23.1 Å². The van der Waals surface area contributed by atoms with Gasteiger partial charge in [0.15, 0.2) is 8.24 Å². The second-order valence-electron chi connectivity index (χ2n) is 6.48. The summed E-state index contributed by atoms with van der Waals surface area (Å²) in [5.74, 6) is 0. The number of aryl methyl sites for hydroxylation is 1. The zero-order valence-corrected chi connectivity index (χ0v) is 14.8. The SMILES string of the molecule is C[Si](C)(C)/N=C/c1ccccc1CC/C=C/c1ccccc1. The molecule has 0 bridgehead atoms. The van der Waals surface area contributed by atoms with Crippen LogP contribution in [0.3, 0.4) is 0 Å². The zero-order chi connectivity index (χ0) is 15.8. The molecule has 0 aliphatic rings. The summed E-state index contributed by atoms with van der Waals surface area (Å²) in [5.41, 5.74) is 3.90. The van der Waals surface area contributed by atoms with E-state index in [-0.39, 0.29) is 0 Å². The van der Waals surface area contributed by atoms with Gasteiger partial charge in [-0.3, -0.25) is 0 Å². The maximum Gasteiger partial charge on any atom is 0.172 e. The van der Waals surface area contributed by atoms with Crippen molar-refractivity contribution in [1.29, 1.82) is 0 Å². The van der Waals surface area contributed by atoms with Crippen molar-refractivity contribution in [1.82, 2.24) is 0 Å². The van der Waals surface area contributed by atoms with Gasteiger partial charge < -0.3 is 4.66 Å². The Morgan fingerprint density at radius 3 is 2.32 bits per heavy atom. The zero-order valence-electron chi connectivity index (χ0n) is 13.8. The van der Waals surface area contributed by atoms with Crippen molar-refractivity contribution in [2.45, 2.75) is 32.5 Å². The molecule has 0 radical (unpaired) electrons. The van der Waals surface area contributed by atoms with Crippen molar-refractivity contribution >= 4 is 20.5 Å². The molecule has 0 saturated carbocycles. The molecular weight excluding hydrogens is 282 g/mol. The van der Waals surface area contributed by atoms with Crippen LogP contribution >= 0.6 is 0 Å². The predicted octanol–water partition coefficient (Wildman–Crippen LogP) is 5.59. The minimum absolute atomic E-state index is 1.05. The Labute approximate surface area is 135 Å². The lowest BCUT2D eigenvalue weighted by Crippen LogP contribution is -2.16. The molecule has 0 N–H and O–H groups in total. The highest BCUT2D eigenvalue weighted by Crippen LogP contribution is 2.12. The predicted molar refractivity (Wildman–Crippen MR) is 101 cm³/mol. The third-order valence-corrected chi connectivity index (χ3v) is 4.24. The molecule has 0 atom stereocenters. The molecule has 0 amide bonds. The van der Waals surface area contributed by atoms with E-state index in [1.165, 1.54) is 16.7 Å². The van der Waals surface area contributed by atoms with Gasteiger partial charge in [-0.25, -0.2) is 0 Å². The Hall–Kier alpha value is -1.93. The number of rotatable bonds is 6. The van der Waals surface area contributed by atoms with E-state index in [2.05, 4.69) is 86.5 Å². The Morgan fingerprint density at radius 2 is 1.59 bits per heavy atom. The van der Waals surface area contributed by atoms with Crippen LogP contribution < -0.4 is 0 Å². The van der Waals surface area contributed by atoms with Crippen molar-refractivity contribution < 1.29 is 0 Å². The Kier molecular flexibility index (Phi) is 5.90. The van der Waals surface area contributed by atoms with Gasteiger partial charge in [0.2, 0.25) is 0 Å². The van der Waals surface area contributed by atoms with Crippen LogP contribution in [0.2, 0.25) is 19.6 Å². The molecule has 2 heteroatoms. The summed E-state index contributed by atoms with van der Waals surface area (Å²) in [7, 11) is -1.39. The van der Waals surface area contributed by atoms with Gasteiger partial charge in [-0.05, 0) is 49.2 Å². The van der Waals surface area contributed by atoms with Gasteiger partial charge in [-0.15, -0.1) is 0 Å². The molecule has 0 spiro atoms. The monoisotopic (exact) mass is 307 g/mol. The van der Waals surface area contributed by atoms with Crippen molar-refractivity contribution in [3.8, 4) is 0 Å². The van der Waals surface area contributed by atoms with Gasteiger partial charge in [0.05, 0.1) is 0 Å². The molecule has 0 heterocycles. The molecule has 0 aromatic heterocycles. The second kappa shape index (κ2) is 7.90. The first-order valence-corrected chi connectivity index (χ1v) is 11.3. The summed E-state index contributed by atoms with van der Waals surface area (Å²) >= 11 is 0. The van der Waals surface area contributed by atoms with Crippen LogP contribution in [-0.4, -0.2) is 14.5 Å². The van der Waals surface area contributed by atoms with Gasteiger partial charge in [0.25, 0.3) is 0 Å². The molecule has 22 heavy (non-hydrogen) atoms. The molecule has 2 aromatic carbocycles. The Bertz CT molecular complexity index is 636. The standard InChI is InChI=1S/C20H25NSi/c1-22(2,3)21-17-20-16-10-9-15-19(20)14-8-7-13-18-11-5-4-6-12-18/h4-7,9-13,15-17H,8,14H2,1-3H3/b13-7+,21-17+. The normalized spacial score (nSPS) is 12.3. The molecule has 0 aliphatic heterocycles. The van der Waals surface area contributed by atoms with Gasteiger partial charge in [0, 0.05) is 6.21 Å². The van der Waals surface area contributed by atoms with Gasteiger partial charge in [-0.2, -0.15) is 0 Å². The van der Waals surface area contributed by atoms with E-state index in [1.54, 1.807) is 0 Å². The van der Waals surface area contributed by atoms with Crippen molar-refractivity contribution in [3.05, 3.63) is 77.4 Å². The van der Waals surface area contributed by atoms with E-state index in [1.807, 2.05) is 6.07 Å². The quantitative estimate of drug-likeness (QED) is 0.487. The molecule has 1 nitrogen and oxygen atoms in total. The van der Waals surface area contributed by atoms with Crippen LogP contribution in [-0.2, 0) is 6.42 Å². The van der Waals surface area contributed by atoms with Gasteiger partial charge >= 0.3 is 0 Å². The first kappa shape index (κ1) is 16.4. The van der Waals surface area contributed by atoms with E-state index in [4.69, 9.17) is 4.66 Å². The smallest absolute Gasteiger partial charge is 0.172 e. The van der Waals surface area contributed by atoms with Crippen molar-refractivity contribution in [3.63, 3.8) is 0 Å². The highest BCUT2D eigenvalue weighted by molar-refractivity contribution is 6.75. The summed E-state index contributed by atoms with van der Waals surface area (Å²) in [6.07, 6.45) is 8.62. The highest BCUT2D eigenvalue weighted by Gasteiger charge is 2.09. The molecule has 0 saturated heterocycles. The third kappa shape index (κ3) is 5.82. The number of allylic oxidation sites excluding steroid dienone is 1. The fraction of sp³-hybridized carbons (Fsp3) is 0.250. The maximum absolute atomic E-state index is 4.76. The summed E-state index contributed by atoms with van der Waals surface area (Å²) < 4.78 is 4.76. The Morgan fingerprint density at radius 1 is 0.909 bits per heavy atom. The largest absolute Gasteiger partial charge is 0.329 e. The van der Waals surface area contributed by atoms with E-state index in [9.17, 15) is 0 Å². The average Bonchev–Trinajstić information content (AvgIpc) is 2.51. The average molecular weight is 308 g/mol. The lowest BCUT2D eigenvalue weighted by molar-refractivity contribution is 1.00. The highest BCUT2D eigenvalue weighted by atomic mass is 28.3. The number of hydrogen-bond donors (Lipinski definition) is 0. The third-order valence-electron chi connectivity index (χ3n) is 3.34. The maximum atomic E-state index is 4.76. The van der Waals surface area contributed by atoms with E-state index >= 15 is 0 Å². The van der Waals surface area contributed by atoms with Crippen LogP contribution in [0.25, 0.3) is 6.08 Å². The first-order chi connectivity index (χ1) is 10.5. The fourth-order valence-corrected chi connectivity index (χ4v) is 2.70. The van der Waals surface area contributed by atoms with Gasteiger partial charge in [-0.1, -0.05) is 66.7 Å². The lowest BCUT2D eigenvalue weighted by Gasteiger charge is -2.09. The minimum Gasteiger partial charge on any atom is -0.329 e. The first-order valence-electron chi connectivity index (χ1n) is 7.89. The van der Waals surface area contributed by atoms with E-state index in [0.29, 0.717) is 0 Å². The number of nitrogens with zero attached hydrogens (tertiary/aromatic N) is 1.